The maximum atomic E-state index is 6.71. The minimum absolute atomic E-state index is 0.564. The van der Waals surface area contributed by atoms with E-state index in [0.717, 1.165) is 105 Å². The number of aromatic nitrogens is 2. The Labute approximate surface area is 467 Å². The molecule has 0 bridgehead atoms. The van der Waals surface area contributed by atoms with Crippen molar-refractivity contribution in [2.24, 2.45) is 9.98 Å². The lowest BCUT2D eigenvalue weighted by atomic mass is 9.95. The first-order valence-corrected chi connectivity index (χ1v) is 27.6. The van der Waals surface area contributed by atoms with Crippen molar-refractivity contribution >= 4 is 77.2 Å². The molecule has 0 fully saturated rings. The molecule has 4 heterocycles. The number of furan rings is 1. The van der Waals surface area contributed by atoms with E-state index in [1.165, 1.54) is 32.8 Å². The number of hydrogen-bond donors (Lipinski definition) is 1. The van der Waals surface area contributed by atoms with Gasteiger partial charge in [0.1, 0.15) is 23.2 Å². The largest absolute Gasteiger partial charge is 0.456 e. The zero-order valence-corrected chi connectivity index (χ0v) is 43.9. The molecule has 0 spiro atoms. The molecule has 12 aromatic carbocycles. The van der Waals surface area contributed by atoms with Crippen LogP contribution < -0.4 is 5.32 Å². The normalized spacial score (nSPS) is 13.6. The van der Waals surface area contributed by atoms with Crippen LogP contribution in [-0.2, 0) is 0 Å². The number of para-hydroxylation sites is 3. The van der Waals surface area contributed by atoms with E-state index in [-0.39, 0.29) is 0 Å². The first-order valence-electron chi connectivity index (χ1n) is 27.6. The summed E-state index contributed by atoms with van der Waals surface area (Å²) in [5.74, 6) is 1.34. The van der Waals surface area contributed by atoms with Crippen molar-refractivity contribution < 1.29 is 4.42 Å². The topological polar surface area (TPSA) is 59.8 Å². The molecule has 1 aliphatic rings. The Morgan fingerprint density at radius 2 is 0.827 bits per heavy atom. The molecule has 0 saturated carbocycles. The van der Waals surface area contributed by atoms with E-state index in [4.69, 9.17) is 14.4 Å². The molecule has 380 valence electrons. The highest BCUT2D eigenvalue weighted by molar-refractivity contribution is 6.25. The summed E-state index contributed by atoms with van der Waals surface area (Å²) in [6, 6.07) is 102. The van der Waals surface area contributed by atoms with Crippen molar-refractivity contribution in [1.82, 2.24) is 14.5 Å². The SMILES string of the molecule is c1ccc(-c2ccc(C3=NC(c4ccccc4-n4c5cc(-c6ccccc6)ccc5c5c(-c6cccc7c6c6ccccc6n7-c6ccccc6)cccc54)NC(c4cccc5oc6cccc(-c7ccccc7)c6c45)=N3)cc2)cc1. The number of amidine groups is 2. The van der Waals surface area contributed by atoms with Gasteiger partial charge in [-0.05, 0) is 99.1 Å². The van der Waals surface area contributed by atoms with Crippen molar-refractivity contribution in [1.29, 1.82) is 0 Å². The van der Waals surface area contributed by atoms with Gasteiger partial charge >= 0.3 is 0 Å². The maximum absolute atomic E-state index is 6.71. The van der Waals surface area contributed by atoms with E-state index in [1.54, 1.807) is 0 Å². The summed E-state index contributed by atoms with van der Waals surface area (Å²) in [6.45, 7) is 0. The Kier molecular flexibility index (Phi) is 10.8. The lowest BCUT2D eigenvalue weighted by molar-refractivity contribution is 0.667. The molecule has 15 aromatic rings. The van der Waals surface area contributed by atoms with Gasteiger partial charge in [0.15, 0.2) is 5.84 Å². The van der Waals surface area contributed by atoms with Gasteiger partial charge < -0.3 is 18.9 Å². The van der Waals surface area contributed by atoms with Crippen molar-refractivity contribution in [2.75, 3.05) is 0 Å². The summed E-state index contributed by atoms with van der Waals surface area (Å²) < 4.78 is 11.6. The third kappa shape index (κ3) is 7.64. The number of fused-ring (bicyclic) bond motifs is 9. The Morgan fingerprint density at radius 3 is 1.53 bits per heavy atom. The standard InChI is InChI=1S/C75H49N5O/c1-5-21-48(22-6-1)50-41-43-52(44-42-50)73-76-74(78-75(77-73)61-34-20-40-68-72(61)71-55(31-19-39-67(71)81-68)51-25-9-3-10-26-51)60-30-14-16-36-63(60)80-65-38-18-33-57(70(65)59-46-45-53(47-66(59)80)49-23-7-2-8-24-49)56-32-17-37-64-69(56)58-29-13-15-35-62(58)79(64)54-27-11-4-12-28-54/h1-47,74H,(H,76,77,78). The molecule has 81 heavy (non-hydrogen) atoms. The van der Waals surface area contributed by atoms with E-state index >= 15 is 0 Å². The highest BCUT2D eigenvalue weighted by atomic mass is 16.3. The Balaban J connectivity index is 0.924. The lowest BCUT2D eigenvalue weighted by Crippen LogP contribution is -2.34. The molecule has 0 aliphatic carbocycles. The Hall–Kier alpha value is -10.8. The van der Waals surface area contributed by atoms with Gasteiger partial charge in [0.2, 0.25) is 0 Å². The van der Waals surface area contributed by atoms with Gasteiger partial charge in [-0.3, -0.25) is 0 Å². The van der Waals surface area contributed by atoms with Crippen LogP contribution in [0.5, 0.6) is 0 Å². The second kappa shape index (κ2) is 19.0. The molecule has 6 nitrogen and oxygen atoms in total. The van der Waals surface area contributed by atoms with Gasteiger partial charge in [-0.2, -0.15) is 0 Å². The molecule has 1 aliphatic heterocycles. The first kappa shape index (κ1) is 46.3. The van der Waals surface area contributed by atoms with E-state index in [0.29, 0.717) is 11.7 Å². The molecule has 1 atom stereocenters. The minimum atomic E-state index is -0.564. The second-order valence-electron chi connectivity index (χ2n) is 20.8. The van der Waals surface area contributed by atoms with Gasteiger partial charge in [0.05, 0.1) is 27.8 Å². The van der Waals surface area contributed by atoms with Crippen molar-refractivity contribution in [3.05, 3.63) is 302 Å². The fourth-order valence-corrected chi connectivity index (χ4v) is 12.6. The van der Waals surface area contributed by atoms with E-state index < -0.39 is 6.17 Å². The van der Waals surface area contributed by atoms with Crippen molar-refractivity contribution in [2.45, 2.75) is 6.17 Å². The number of benzene rings is 12. The summed E-state index contributed by atoms with van der Waals surface area (Å²) in [5.41, 5.74) is 20.3. The molecule has 6 heteroatoms. The quantitative estimate of drug-likeness (QED) is 0.157. The number of nitrogens with zero attached hydrogens (tertiary/aromatic N) is 4. The van der Waals surface area contributed by atoms with Crippen LogP contribution in [0.4, 0.5) is 0 Å². The van der Waals surface area contributed by atoms with Crippen LogP contribution in [0.25, 0.3) is 121 Å². The van der Waals surface area contributed by atoms with Crippen molar-refractivity contribution in [3.8, 4) is 55.9 Å². The molecular weight excluding hydrogens is 987 g/mol. The Morgan fingerprint density at radius 1 is 0.333 bits per heavy atom. The van der Waals surface area contributed by atoms with Crippen LogP contribution in [0.1, 0.15) is 22.9 Å². The summed E-state index contributed by atoms with van der Waals surface area (Å²) in [6.07, 6.45) is -0.564. The van der Waals surface area contributed by atoms with Crippen LogP contribution in [0.15, 0.2) is 300 Å². The summed E-state index contributed by atoms with van der Waals surface area (Å²) in [5, 5.41) is 10.8. The molecule has 16 rings (SSSR count). The van der Waals surface area contributed by atoms with Crippen LogP contribution in [-0.4, -0.2) is 20.8 Å². The van der Waals surface area contributed by atoms with Crippen LogP contribution in [0.3, 0.4) is 0 Å². The second-order valence-corrected chi connectivity index (χ2v) is 20.8. The minimum Gasteiger partial charge on any atom is -0.456 e. The molecule has 1 unspecified atom stereocenters. The van der Waals surface area contributed by atoms with Crippen LogP contribution in [0, 0.1) is 0 Å². The number of aliphatic imine (C=N–C) groups is 2. The van der Waals surface area contributed by atoms with Crippen LogP contribution >= 0.6 is 0 Å². The highest BCUT2D eigenvalue weighted by Gasteiger charge is 2.29. The maximum Gasteiger partial charge on any atom is 0.159 e. The average Bonchev–Trinajstić information content (AvgIpc) is 4.34. The first-order chi connectivity index (χ1) is 40.2. The molecule has 1 N–H and O–H groups in total. The molecule has 0 radical (unpaired) electrons. The monoisotopic (exact) mass is 1040 g/mol. The molecular formula is C75H49N5O. The number of nitrogens with one attached hydrogen (secondary N) is 1. The Bertz CT molecular complexity index is 4990. The number of hydrogen-bond acceptors (Lipinski definition) is 4. The average molecular weight is 1040 g/mol. The summed E-state index contributed by atoms with van der Waals surface area (Å²) >= 11 is 0. The van der Waals surface area contributed by atoms with Crippen molar-refractivity contribution in [3.63, 3.8) is 0 Å². The predicted octanol–water partition coefficient (Wildman–Crippen LogP) is 18.9. The van der Waals surface area contributed by atoms with E-state index in [1.807, 2.05) is 0 Å². The van der Waals surface area contributed by atoms with Gasteiger partial charge in [-0.15, -0.1) is 0 Å². The van der Waals surface area contributed by atoms with E-state index in [2.05, 4.69) is 300 Å². The molecule has 0 saturated heterocycles. The van der Waals surface area contributed by atoms with E-state index in [9.17, 15) is 0 Å². The zero-order chi connectivity index (χ0) is 53.4. The van der Waals surface area contributed by atoms with Crippen LogP contribution in [0.2, 0.25) is 0 Å². The third-order valence-electron chi connectivity index (χ3n) is 16.2. The fraction of sp³-hybridized carbons (Fsp3) is 0.0133. The summed E-state index contributed by atoms with van der Waals surface area (Å²) in [7, 11) is 0. The van der Waals surface area contributed by atoms with Gasteiger partial charge in [-0.1, -0.05) is 231 Å². The smallest absolute Gasteiger partial charge is 0.159 e. The van der Waals surface area contributed by atoms with Gasteiger partial charge in [0, 0.05) is 54.7 Å². The third-order valence-corrected chi connectivity index (χ3v) is 16.2. The van der Waals surface area contributed by atoms with Gasteiger partial charge in [0.25, 0.3) is 0 Å². The summed E-state index contributed by atoms with van der Waals surface area (Å²) in [4.78, 5) is 11.1. The fourth-order valence-electron chi connectivity index (χ4n) is 12.6. The molecule has 0 amide bonds. The van der Waals surface area contributed by atoms with Gasteiger partial charge in [-0.25, -0.2) is 9.98 Å². The number of rotatable bonds is 9. The predicted molar refractivity (Wildman–Crippen MR) is 336 cm³/mol. The zero-order valence-electron chi connectivity index (χ0n) is 43.9. The molecule has 3 aromatic heterocycles. The highest BCUT2D eigenvalue weighted by Crippen LogP contribution is 2.46. The lowest BCUT2D eigenvalue weighted by Gasteiger charge is -2.26.